The van der Waals surface area contributed by atoms with E-state index < -0.39 is 0 Å². The Bertz CT molecular complexity index is 1000. The van der Waals surface area contributed by atoms with E-state index in [1.165, 1.54) is 77.1 Å². The SMILES string of the molecule is Cc1cc(C)c(-c2csc3nc(C45CC6CC(CC(C6)C4)C5)cn23)c(C)c1.Cl. The molecule has 4 heteroatoms. The van der Waals surface area contributed by atoms with Gasteiger partial charge in [0.1, 0.15) is 0 Å². The molecular formula is C24H29ClN2S. The predicted octanol–water partition coefficient (Wildman–Crippen LogP) is 6.88. The lowest BCUT2D eigenvalue weighted by molar-refractivity contribution is -0.00696. The molecule has 2 nitrogen and oxygen atoms in total. The molecule has 2 heterocycles. The van der Waals surface area contributed by atoms with Crippen molar-refractivity contribution < 1.29 is 0 Å². The molecule has 0 radical (unpaired) electrons. The monoisotopic (exact) mass is 412 g/mol. The molecule has 4 fully saturated rings. The molecule has 0 aliphatic heterocycles. The van der Waals surface area contributed by atoms with Gasteiger partial charge in [-0.1, -0.05) is 17.7 Å². The second kappa shape index (κ2) is 6.34. The Labute approximate surface area is 177 Å². The van der Waals surface area contributed by atoms with Crippen LogP contribution in [0.1, 0.15) is 60.9 Å². The number of nitrogens with zero attached hydrogens (tertiary/aromatic N) is 2. The fourth-order valence-electron chi connectivity index (χ4n) is 7.23. The third-order valence-corrected chi connectivity index (χ3v) is 8.56. The lowest BCUT2D eigenvalue weighted by atomic mass is 9.49. The Morgan fingerprint density at radius 1 is 0.964 bits per heavy atom. The Kier molecular flexibility index (Phi) is 4.23. The van der Waals surface area contributed by atoms with Gasteiger partial charge in [0, 0.05) is 22.6 Å². The van der Waals surface area contributed by atoms with Gasteiger partial charge >= 0.3 is 0 Å². The van der Waals surface area contributed by atoms with Crippen molar-refractivity contribution in [2.75, 3.05) is 0 Å². The molecule has 0 N–H and O–H groups in total. The lowest BCUT2D eigenvalue weighted by Gasteiger charge is -2.56. The van der Waals surface area contributed by atoms with Crippen molar-refractivity contribution in [3.05, 3.63) is 46.1 Å². The number of halogens is 1. The number of rotatable bonds is 2. The summed E-state index contributed by atoms with van der Waals surface area (Å²) in [7, 11) is 0. The molecule has 4 aliphatic rings. The number of benzene rings is 1. The first kappa shape index (κ1) is 18.7. The van der Waals surface area contributed by atoms with Gasteiger partial charge in [0.15, 0.2) is 4.96 Å². The zero-order valence-electron chi connectivity index (χ0n) is 17.0. The van der Waals surface area contributed by atoms with E-state index >= 15 is 0 Å². The quantitative estimate of drug-likeness (QED) is 0.448. The number of fused-ring (bicyclic) bond motifs is 1. The second-order valence-corrected chi connectivity index (χ2v) is 10.7. The molecule has 0 amide bonds. The van der Waals surface area contributed by atoms with Gasteiger partial charge in [0.2, 0.25) is 0 Å². The van der Waals surface area contributed by atoms with Crippen LogP contribution in [0.3, 0.4) is 0 Å². The second-order valence-electron chi connectivity index (χ2n) is 9.87. The average Bonchev–Trinajstić information content (AvgIpc) is 3.15. The zero-order valence-corrected chi connectivity index (χ0v) is 18.6. The van der Waals surface area contributed by atoms with Crippen LogP contribution < -0.4 is 0 Å². The van der Waals surface area contributed by atoms with Crippen molar-refractivity contribution >= 4 is 28.7 Å². The fraction of sp³-hybridized carbons (Fsp3) is 0.542. The predicted molar refractivity (Wildman–Crippen MR) is 120 cm³/mol. The van der Waals surface area contributed by atoms with Gasteiger partial charge in [-0.05, 0) is 88.2 Å². The molecule has 1 aromatic carbocycles. The van der Waals surface area contributed by atoms with Crippen LogP contribution in [-0.4, -0.2) is 9.38 Å². The lowest BCUT2D eigenvalue weighted by Crippen LogP contribution is -2.48. The molecule has 4 aliphatic carbocycles. The number of aromatic nitrogens is 2. The minimum atomic E-state index is 0. The number of hydrogen-bond donors (Lipinski definition) is 0. The average molecular weight is 413 g/mol. The van der Waals surface area contributed by atoms with Crippen LogP contribution in [0.25, 0.3) is 16.2 Å². The van der Waals surface area contributed by atoms with Gasteiger partial charge in [-0.15, -0.1) is 23.7 Å². The summed E-state index contributed by atoms with van der Waals surface area (Å²) in [5, 5.41) is 2.30. The standard InChI is InChI=1S/C24H28N2S.ClH/c1-14-4-15(2)22(16(3)5-14)20-13-27-23-25-21(12-26(20)23)24-9-17-6-18(10-24)8-19(7-17)11-24;/h4-5,12-13,17-19H,6-11H2,1-3H3;1H. The molecule has 0 atom stereocenters. The molecule has 4 bridgehead atoms. The van der Waals surface area contributed by atoms with Crippen LogP contribution in [0.2, 0.25) is 0 Å². The summed E-state index contributed by atoms with van der Waals surface area (Å²) in [6.45, 7) is 6.68. The summed E-state index contributed by atoms with van der Waals surface area (Å²) in [5.74, 6) is 2.91. The Hall–Kier alpha value is -1.32. The zero-order chi connectivity index (χ0) is 18.3. The van der Waals surface area contributed by atoms with Crippen LogP contribution in [-0.2, 0) is 5.41 Å². The van der Waals surface area contributed by atoms with Gasteiger partial charge in [0.05, 0.1) is 11.4 Å². The number of hydrogen-bond acceptors (Lipinski definition) is 2. The molecular weight excluding hydrogens is 384 g/mol. The van der Waals surface area contributed by atoms with E-state index in [2.05, 4.69) is 48.9 Å². The number of aryl methyl sites for hydroxylation is 3. The molecule has 0 spiro atoms. The first-order chi connectivity index (χ1) is 13.0. The topological polar surface area (TPSA) is 17.3 Å². The summed E-state index contributed by atoms with van der Waals surface area (Å²) in [4.78, 5) is 6.38. The maximum Gasteiger partial charge on any atom is 0.194 e. The summed E-state index contributed by atoms with van der Waals surface area (Å²) in [6.07, 6.45) is 11.1. The maximum absolute atomic E-state index is 5.21. The Morgan fingerprint density at radius 2 is 1.54 bits per heavy atom. The largest absolute Gasteiger partial charge is 0.290 e. The third kappa shape index (κ3) is 2.62. The maximum atomic E-state index is 5.21. The van der Waals surface area contributed by atoms with Crippen molar-refractivity contribution in [3.8, 4) is 11.3 Å². The summed E-state index contributed by atoms with van der Waals surface area (Å²) in [5.41, 5.74) is 8.59. The number of imidazole rings is 1. The first-order valence-electron chi connectivity index (χ1n) is 10.6. The molecule has 28 heavy (non-hydrogen) atoms. The van der Waals surface area contributed by atoms with Crippen LogP contribution in [0.5, 0.6) is 0 Å². The number of thiazole rings is 1. The minimum Gasteiger partial charge on any atom is -0.290 e. The van der Waals surface area contributed by atoms with E-state index in [1.807, 2.05) is 11.3 Å². The fourth-order valence-corrected chi connectivity index (χ4v) is 8.09. The highest BCUT2D eigenvalue weighted by molar-refractivity contribution is 7.15. The molecule has 2 aromatic heterocycles. The van der Waals surface area contributed by atoms with Crippen LogP contribution in [0.15, 0.2) is 23.7 Å². The van der Waals surface area contributed by atoms with Gasteiger partial charge < -0.3 is 0 Å². The van der Waals surface area contributed by atoms with Crippen molar-refractivity contribution in [1.82, 2.24) is 9.38 Å². The van der Waals surface area contributed by atoms with Gasteiger partial charge in [-0.3, -0.25) is 4.40 Å². The van der Waals surface area contributed by atoms with E-state index in [0.717, 1.165) is 17.8 Å². The highest BCUT2D eigenvalue weighted by Crippen LogP contribution is 2.60. The van der Waals surface area contributed by atoms with E-state index in [4.69, 9.17) is 4.98 Å². The van der Waals surface area contributed by atoms with E-state index in [0.29, 0.717) is 5.41 Å². The van der Waals surface area contributed by atoms with Crippen molar-refractivity contribution in [1.29, 1.82) is 0 Å². The molecule has 0 unspecified atom stereocenters. The highest BCUT2D eigenvalue weighted by atomic mass is 35.5. The molecule has 7 rings (SSSR count). The highest BCUT2D eigenvalue weighted by Gasteiger charge is 2.52. The van der Waals surface area contributed by atoms with E-state index in [-0.39, 0.29) is 12.4 Å². The Balaban J connectivity index is 0.00000171. The van der Waals surface area contributed by atoms with Crippen LogP contribution in [0.4, 0.5) is 0 Å². The van der Waals surface area contributed by atoms with Crippen LogP contribution in [0, 0.1) is 38.5 Å². The van der Waals surface area contributed by atoms with E-state index in [1.54, 1.807) is 0 Å². The van der Waals surface area contributed by atoms with Crippen molar-refractivity contribution in [3.63, 3.8) is 0 Å². The van der Waals surface area contributed by atoms with Crippen molar-refractivity contribution in [2.24, 2.45) is 17.8 Å². The molecule has 3 aromatic rings. The van der Waals surface area contributed by atoms with Crippen molar-refractivity contribution in [2.45, 2.75) is 64.7 Å². The summed E-state index contributed by atoms with van der Waals surface area (Å²) in [6, 6.07) is 4.62. The molecule has 148 valence electrons. The molecule has 4 saturated carbocycles. The molecule has 0 saturated heterocycles. The minimum absolute atomic E-state index is 0. The van der Waals surface area contributed by atoms with Gasteiger partial charge in [-0.2, -0.15) is 0 Å². The van der Waals surface area contributed by atoms with Crippen LogP contribution >= 0.6 is 23.7 Å². The third-order valence-electron chi connectivity index (χ3n) is 7.72. The van der Waals surface area contributed by atoms with E-state index in [9.17, 15) is 0 Å². The van der Waals surface area contributed by atoms with Gasteiger partial charge in [0.25, 0.3) is 0 Å². The Morgan fingerprint density at radius 3 is 2.11 bits per heavy atom. The summed E-state index contributed by atoms with van der Waals surface area (Å²) >= 11 is 1.81. The van der Waals surface area contributed by atoms with Gasteiger partial charge in [-0.25, -0.2) is 4.98 Å². The first-order valence-corrected chi connectivity index (χ1v) is 11.4. The smallest absolute Gasteiger partial charge is 0.194 e. The normalized spacial score (nSPS) is 30.8. The summed E-state index contributed by atoms with van der Waals surface area (Å²) < 4.78 is 2.39.